The summed E-state index contributed by atoms with van der Waals surface area (Å²) < 4.78 is 0. The molecule has 0 aliphatic carbocycles. The lowest BCUT2D eigenvalue weighted by molar-refractivity contribution is 0.861. The fourth-order valence-corrected chi connectivity index (χ4v) is 2.24. The van der Waals surface area contributed by atoms with Crippen LogP contribution >= 0.6 is 23.2 Å². The van der Waals surface area contributed by atoms with Crippen LogP contribution in [-0.4, -0.2) is 4.98 Å². The lowest BCUT2D eigenvalue weighted by atomic mass is 10.0. The van der Waals surface area contributed by atoms with Crippen molar-refractivity contribution in [1.82, 2.24) is 4.98 Å². The first-order valence-corrected chi connectivity index (χ1v) is 5.95. The maximum absolute atomic E-state index is 6.17. The van der Waals surface area contributed by atoms with Crippen LogP contribution in [0.1, 0.15) is 22.7 Å². The smallest absolute Gasteiger partial charge is 0.0568 e. The molecule has 0 saturated carbocycles. The van der Waals surface area contributed by atoms with Gasteiger partial charge in [0.25, 0.3) is 0 Å². The van der Waals surface area contributed by atoms with E-state index in [4.69, 9.17) is 28.9 Å². The Bertz CT molecular complexity index is 520. The van der Waals surface area contributed by atoms with Crippen LogP contribution in [0.25, 0.3) is 0 Å². The average Bonchev–Trinajstić information content (AvgIpc) is 2.26. The number of hydrogen-bond donors (Lipinski definition) is 1. The maximum atomic E-state index is 6.17. The molecular weight excluding hydrogens is 255 g/mol. The minimum Gasteiger partial charge on any atom is -0.320 e. The van der Waals surface area contributed by atoms with Gasteiger partial charge in [0, 0.05) is 22.4 Å². The van der Waals surface area contributed by atoms with Crippen molar-refractivity contribution in [3.8, 4) is 0 Å². The minimum absolute atomic E-state index is 0.265. The first-order valence-electron chi connectivity index (χ1n) is 5.19. The molecule has 17 heavy (non-hydrogen) atoms. The van der Waals surface area contributed by atoms with Crippen LogP contribution in [0.15, 0.2) is 36.7 Å². The van der Waals surface area contributed by atoms with Crippen molar-refractivity contribution >= 4 is 23.2 Å². The Morgan fingerprint density at radius 2 is 1.65 bits per heavy atom. The summed E-state index contributed by atoms with van der Waals surface area (Å²) >= 11 is 11.9. The van der Waals surface area contributed by atoms with E-state index in [1.807, 2.05) is 25.1 Å². The zero-order chi connectivity index (χ0) is 12.4. The highest BCUT2D eigenvalue weighted by atomic mass is 35.5. The summed E-state index contributed by atoms with van der Waals surface area (Å²) in [5.74, 6) is 0. The molecule has 1 atom stereocenters. The normalized spacial score (nSPS) is 12.5. The second-order valence-corrected chi connectivity index (χ2v) is 4.85. The first-order chi connectivity index (χ1) is 8.06. The second-order valence-electron chi connectivity index (χ2n) is 3.98. The fourth-order valence-electron chi connectivity index (χ4n) is 1.70. The molecule has 1 unspecified atom stereocenters. The number of aromatic nitrogens is 1. The Balaban J connectivity index is 2.39. The van der Waals surface area contributed by atoms with Gasteiger partial charge in [0.1, 0.15) is 0 Å². The van der Waals surface area contributed by atoms with Gasteiger partial charge in [-0.3, -0.25) is 4.98 Å². The first kappa shape index (κ1) is 12.4. The highest BCUT2D eigenvalue weighted by molar-refractivity contribution is 6.34. The van der Waals surface area contributed by atoms with Crippen molar-refractivity contribution in [3.05, 3.63) is 63.4 Å². The van der Waals surface area contributed by atoms with E-state index in [0.717, 1.165) is 16.7 Å². The summed E-state index contributed by atoms with van der Waals surface area (Å²) in [5.41, 5.74) is 9.07. The molecule has 0 bridgehead atoms. The molecule has 1 aromatic heterocycles. The zero-order valence-electron chi connectivity index (χ0n) is 9.32. The molecule has 0 aliphatic heterocycles. The third-order valence-corrected chi connectivity index (χ3v) is 2.94. The molecule has 0 amide bonds. The maximum Gasteiger partial charge on any atom is 0.0568 e. The quantitative estimate of drug-likeness (QED) is 0.900. The Labute approximate surface area is 110 Å². The largest absolute Gasteiger partial charge is 0.320 e. The molecule has 0 spiro atoms. The van der Waals surface area contributed by atoms with Crippen molar-refractivity contribution in [1.29, 1.82) is 0 Å². The van der Waals surface area contributed by atoms with Gasteiger partial charge in [-0.2, -0.15) is 0 Å². The van der Waals surface area contributed by atoms with Crippen LogP contribution in [-0.2, 0) is 0 Å². The van der Waals surface area contributed by atoms with E-state index in [9.17, 15) is 0 Å². The summed E-state index contributed by atoms with van der Waals surface area (Å²) in [5, 5.41) is 1.17. The van der Waals surface area contributed by atoms with Gasteiger partial charge in [-0.15, -0.1) is 0 Å². The summed E-state index contributed by atoms with van der Waals surface area (Å²) in [7, 11) is 0. The van der Waals surface area contributed by atoms with Crippen LogP contribution < -0.4 is 5.73 Å². The highest BCUT2D eigenvalue weighted by Gasteiger charge is 2.11. The number of nitrogens with two attached hydrogens (primary N) is 1. The molecule has 88 valence electrons. The van der Waals surface area contributed by atoms with E-state index in [0.29, 0.717) is 10.0 Å². The van der Waals surface area contributed by atoms with Crippen LogP contribution in [0, 0.1) is 6.92 Å². The van der Waals surface area contributed by atoms with Crippen LogP contribution in [0.3, 0.4) is 0 Å². The zero-order valence-corrected chi connectivity index (χ0v) is 10.8. The molecule has 0 aliphatic rings. The standard InChI is InChI=1S/C13H12Cl2N2/c1-8-2-10(7-17-6-8)13(16)9-3-11(14)5-12(15)4-9/h2-7,13H,16H2,1H3. The third kappa shape index (κ3) is 2.97. The van der Waals surface area contributed by atoms with Gasteiger partial charge in [0.15, 0.2) is 0 Å². The molecule has 2 nitrogen and oxygen atoms in total. The summed E-state index contributed by atoms with van der Waals surface area (Å²) in [4.78, 5) is 4.13. The Morgan fingerprint density at radius 1 is 1.00 bits per heavy atom. The monoisotopic (exact) mass is 266 g/mol. The van der Waals surface area contributed by atoms with Crippen LogP contribution in [0.5, 0.6) is 0 Å². The van der Waals surface area contributed by atoms with Crippen LogP contribution in [0.4, 0.5) is 0 Å². The van der Waals surface area contributed by atoms with Gasteiger partial charge >= 0.3 is 0 Å². The van der Waals surface area contributed by atoms with Gasteiger partial charge in [-0.1, -0.05) is 29.3 Å². The Hall–Kier alpha value is -1.09. The van der Waals surface area contributed by atoms with Crippen molar-refractivity contribution in [2.45, 2.75) is 13.0 Å². The average molecular weight is 267 g/mol. The molecule has 0 radical (unpaired) electrons. The van der Waals surface area contributed by atoms with E-state index in [2.05, 4.69) is 4.98 Å². The van der Waals surface area contributed by atoms with E-state index in [1.165, 1.54) is 0 Å². The third-order valence-electron chi connectivity index (χ3n) is 2.50. The summed E-state index contributed by atoms with van der Waals surface area (Å²) in [6.45, 7) is 1.98. The topological polar surface area (TPSA) is 38.9 Å². The number of hydrogen-bond acceptors (Lipinski definition) is 2. The predicted octanol–water partition coefficient (Wildman–Crippen LogP) is 3.74. The lowest BCUT2D eigenvalue weighted by Gasteiger charge is -2.13. The number of aryl methyl sites for hydroxylation is 1. The number of nitrogens with zero attached hydrogens (tertiary/aromatic N) is 1. The van der Waals surface area contributed by atoms with Crippen LogP contribution in [0.2, 0.25) is 10.0 Å². The van der Waals surface area contributed by atoms with Crippen molar-refractivity contribution in [2.24, 2.45) is 5.73 Å². The number of halogens is 2. The fraction of sp³-hybridized carbons (Fsp3) is 0.154. The SMILES string of the molecule is Cc1cncc(C(N)c2cc(Cl)cc(Cl)c2)c1. The molecule has 4 heteroatoms. The number of rotatable bonds is 2. The highest BCUT2D eigenvalue weighted by Crippen LogP contribution is 2.26. The molecule has 1 aromatic carbocycles. The van der Waals surface area contributed by atoms with Crippen molar-refractivity contribution < 1.29 is 0 Å². The molecular formula is C13H12Cl2N2. The molecule has 2 N–H and O–H groups in total. The van der Waals surface area contributed by atoms with Gasteiger partial charge in [-0.05, 0) is 41.8 Å². The van der Waals surface area contributed by atoms with E-state index >= 15 is 0 Å². The van der Waals surface area contributed by atoms with E-state index in [1.54, 1.807) is 18.5 Å². The summed E-state index contributed by atoms with van der Waals surface area (Å²) in [6.07, 6.45) is 3.55. The van der Waals surface area contributed by atoms with Gasteiger partial charge in [0.2, 0.25) is 0 Å². The minimum atomic E-state index is -0.265. The second kappa shape index (κ2) is 5.05. The molecule has 2 aromatic rings. The lowest BCUT2D eigenvalue weighted by Crippen LogP contribution is -2.12. The van der Waals surface area contributed by atoms with E-state index < -0.39 is 0 Å². The molecule has 2 rings (SSSR count). The summed E-state index contributed by atoms with van der Waals surface area (Å²) in [6, 6.07) is 7.07. The van der Waals surface area contributed by atoms with Crippen molar-refractivity contribution in [3.63, 3.8) is 0 Å². The molecule has 1 heterocycles. The van der Waals surface area contributed by atoms with Gasteiger partial charge < -0.3 is 5.73 Å². The number of benzene rings is 1. The Kier molecular flexibility index (Phi) is 3.67. The molecule has 0 saturated heterocycles. The Morgan fingerprint density at radius 3 is 2.24 bits per heavy atom. The van der Waals surface area contributed by atoms with E-state index in [-0.39, 0.29) is 6.04 Å². The molecule has 0 fully saturated rings. The van der Waals surface area contributed by atoms with Gasteiger partial charge in [-0.25, -0.2) is 0 Å². The van der Waals surface area contributed by atoms with Gasteiger partial charge in [0.05, 0.1) is 6.04 Å². The number of pyridine rings is 1. The predicted molar refractivity (Wildman–Crippen MR) is 71.5 cm³/mol. The van der Waals surface area contributed by atoms with Crippen molar-refractivity contribution in [2.75, 3.05) is 0 Å².